The predicted molar refractivity (Wildman–Crippen MR) is 135 cm³/mol. The highest BCUT2D eigenvalue weighted by molar-refractivity contribution is 6.30. The van der Waals surface area contributed by atoms with Gasteiger partial charge in [-0.15, -0.1) is 0 Å². The highest BCUT2D eigenvalue weighted by Crippen LogP contribution is 2.25. The lowest BCUT2D eigenvalue weighted by Gasteiger charge is -2.35. The lowest BCUT2D eigenvalue weighted by molar-refractivity contribution is -0.145. The van der Waals surface area contributed by atoms with Crippen LogP contribution in [0.2, 0.25) is 5.02 Å². The van der Waals surface area contributed by atoms with Crippen LogP contribution in [0.25, 0.3) is 0 Å². The molecule has 36 heavy (non-hydrogen) atoms. The highest BCUT2D eigenvalue weighted by Gasteiger charge is 2.37. The summed E-state index contributed by atoms with van der Waals surface area (Å²) >= 11 is 5.96. The van der Waals surface area contributed by atoms with Crippen LogP contribution in [-0.2, 0) is 45.1 Å². The summed E-state index contributed by atoms with van der Waals surface area (Å²) in [4.78, 5) is 40.5. The van der Waals surface area contributed by atoms with Gasteiger partial charge in [-0.1, -0.05) is 78.3 Å². The Kier molecular flexibility index (Phi) is 8.23. The summed E-state index contributed by atoms with van der Waals surface area (Å²) in [5.41, 5.74) is 3.57. The quantitative estimate of drug-likeness (QED) is 0.483. The third kappa shape index (κ3) is 6.23. The second-order valence-corrected chi connectivity index (χ2v) is 9.01. The monoisotopic (exact) mass is 506 g/mol. The number of fused-ring (bicyclic) bond motifs is 1. The van der Waals surface area contributed by atoms with Gasteiger partial charge in [0.2, 0.25) is 5.91 Å². The standard InChI is InChI=1S/C28H27ClN2O5/c1-35-27(33)24(15-19-11-13-23(29)14-12-19)30-26(32)25-16-21-9-5-6-10-22(21)17-31(25)28(34)36-18-20-7-3-2-4-8-20/h2-14,24-25H,15-18H2,1H3,(H,30,32)/t24-,25-/m0/s1. The van der Waals surface area contributed by atoms with Crippen molar-refractivity contribution in [1.29, 1.82) is 0 Å². The molecule has 1 aliphatic rings. The Hall–Kier alpha value is -3.84. The molecule has 8 heteroatoms. The average molecular weight is 507 g/mol. The summed E-state index contributed by atoms with van der Waals surface area (Å²) in [6.07, 6.45) is -0.0740. The molecule has 0 radical (unpaired) electrons. The maximum Gasteiger partial charge on any atom is 0.411 e. The van der Waals surface area contributed by atoms with Gasteiger partial charge in [0, 0.05) is 17.9 Å². The van der Waals surface area contributed by atoms with E-state index in [1.165, 1.54) is 12.0 Å². The van der Waals surface area contributed by atoms with E-state index in [2.05, 4.69) is 5.32 Å². The van der Waals surface area contributed by atoms with Crippen molar-refractivity contribution < 1.29 is 23.9 Å². The van der Waals surface area contributed by atoms with Crippen molar-refractivity contribution in [3.8, 4) is 0 Å². The fraction of sp³-hybridized carbons (Fsp3) is 0.250. The zero-order chi connectivity index (χ0) is 25.5. The van der Waals surface area contributed by atoms with Gasteiger partial charge in [-0.05, 0) is 34.4 Å². The summed E-state index contributed by atoms with van der Waals surface area (Å²) in [7, 11) is 1.27. The Bertz CT molecular complexity index is 1220. The SMILES string of the molecule is COC(=O)[C@H](Cc1ccc(Cl)cc1)NC(=O)[C@@H]1Cc2ccccc2CN1C(=O)OCc1ccccc1. The summed E-state index contributed by atoms with van der Waals surface area (Å²) in [5.74, 6) is -1.03. The second kappa shape index (κ2) is 11.7. The van der Waals surface area contributed by atoms with Crippen molar-refractivity contribution in [3.05, 3.63) is 106 Å². The van der Waals surface area contributed by atoms with Gasteiger partial charge in [0.25, 0.3) is 0 Å². The first-order valence-electron chi connectivity index (χ1n) is 11.6. The molecule has 0 saturated heterocycles. The number of nitrogens with zero attached hydrogens (tertiary/aromatic N) is 1. The van der Waals surface area contributed by atoms with Crippen molar-refractivity contribution in [3.63, 3.8) is 0 Å². The molecule has 2 atom stereocenters. The number of ether oxygens (including phenoxy) is 2. The number of hydrogen-bond acceptors (Lipinski definition) is 5. The van der Waals surface area contributed by atoms with Gasteiger partial charge in [-0.25, -0.2) is 9.59 Å². The summed E-state index contributed by atoms with van der Waals surface area (Å²) in [5, 5.41) is 3.37. The van der Waals surface area contributed by atoms with E-state index in [1.807, 2.05) is 54.6 Å². The maximum absolute atomic E-state index is 13.5. The topological polar surface area (TPSA) is 84.9 Å². The summed E-state index contributed by atoms with van der Waals surface area (Å²) in [6, 6.07) is 22.2. The number of amides is 2. The average Bonchev–Trinajstić information content (AvgIpc) is 2.91. The Morgan fingerprint density at radius 2 is 1.61 bits per heavy atom. The molecule has 0 spiro atoms. The lowest BCUT2D eigenvalue weighted by atomic mass is 9.93. The molecule has 3 aromatic carbocycles. The molecule has 0 aromatic heterocycles. The maximum atomic E-state index is 13.5. The highest BCUT2D eigenvalue weighted by atomic mass is 35.5. The van der Waals surface area contributed by atoms with E-state index in [1.54, 1.807) is 24.3 Å². The normalized spacial score (nSPS) is 15.4. The Morgan fingerprint density at radius 1 is 0.944 bits per heavy atom. The molecule has 2 amide bonds. The molecule has 1 N–H and O–H groups in total. The molecular formula is C28H27ClN2O5. The van der Waals surface area contributed by atoms with Gasteiger partial charge < -0.3 is 14.8 Å². The van der Waals surface area contributed by atoms with E-state index in [0.29, 0.717) is 11.4 Å². The number of esters is 1. The van der Waals surface area contributed by atoms with Crippen molar-refractivity contribution >= 4 is 29.6 Å². The number of carbonyl (C=O) groups is 3. The number of benzene rings is 3. The number of methoxy groups -OCH3 is 1. The van der Waals surface area contributed by atoms with Crippen LogP contribution in [0, 0.1) is 0 Å². The Balaban J connectivity index is 1.52. The molecule has 0 saturated carbocycles. The molecule has 186 valence electrons. The molecule has 1 aliphatic heterocycles. The van der Waals surface area contributed by atoms with Crippen molar-refractivity contribution in [1.82, 2.24) is 10.2 Å². The van der Waals surface area contributed by atoms with Gasteiger partial charge in [-0.3, -0.25) is 9.69 Å². The summed E-state index contributed by atoms with van der Waals surface area (Å²) < 4.78 is 10.5. The molecule has 0 bridgehead atoms. The smallest absolute Gasteiger partial charge is 0.411 e. The van der Waals surface area contributed by atoms with Gasteiger partial charge >= 0.3 is 12.1 Å². The van der Waals surface area contributed by atoms with Crippen molar-refractivity contribution in [2.24, 2.45) is 0 Å². The number of nitrogens with one attached hydrogen (secondary N) is 1. The molecule has 0 unspecified atom stereocenters. The van der Waals surface area contributed by atoms with Crippen LogP contribution >= 0.6 is 11.6 Å². The third-order valence-electron chi connectivity index (χ3n) is 6.15. The number of hydrogen-bond donors (Lipinski definition) is 1. The van der Waals surface area contributed by atoms with Crippen LogP contribution in [0.15, 0.2) is 78.9 Å². The Morgan fingerprint density at radius 3 is 2.31 bits per heavy atom. The van der Waals surface area contributed by atoms with Crippen molar-refractivity contribution in [2.75, 3.05) is 7.11 Å². The molecule has 7 nitrogen and oxygen atoms in total. The third-order valence-corrected chi connectivity index (χ3v) is 6.40. The first-order chi connectivity index (χ1) is 17.4. The molecule has 1 heterocycles. The van der Waals surface area contributed by atoms with E-state index in [4.69, 9.17) is 21.1 Å². The number of halogens is 1. The van der Waals surface area contributed by atoms with Crippen LogP contribution in [-0.4, -0.2) is 42.1 Å². The Labute approximate surface area is 215 Å². The zero-order valence-corrected chi connectivity index (χ0v) is 20.6. The number of rotatable bonds is 7. The molecular weight excluding hydrogens is 480 g/mol. The van der Waals surface area contributed by atoms with E-state index in [-0.39, 0.29) is 19.6 Å². The van der Waals surface area contributed by atoms with Crippen LogP contribution in [0.1, 0.15) is 22.3 Å². The first kappa shape index (κ1) is 25.3. The van der Waals surface area contributed by atoms with Gasteiger partial charge in [0.05, 0.1) is 13.7 Å². The second-order valence-electron chi connectivity index (χ2n) is 8.57. The van der Waals surface area contributed by atoms with Gasteiger partial charge in [0.15, 0.2) is 0 Å². The summed E-state index contributed by atoms with van der Waals surface area (Å²) in [6.45, 7) is 0.315. The minimum atomic E-state index is -0.928. The van der Waals surface area contributed by atoms with Crippen LogP contribution in [0.5, 0.6) is 0 Å². The van der Waals surface area contributed by atoms with E-state index < -0.39 is 30.1 Å². The van der Waals surface area contributed by atoms with Crippen LogP contribution in [0.4, 0.5) is 4.79 Å². The van der Waals surface area contributed by atoms with E-state index in [9.17, 15) is 14.4 Å². The largest absolute Gasteiger partial charge is 0.467 e. The minimum Gasteiger partial charge on any atom is -0.467 e. The van der Waals surface area contributed by atoms with Crippen LogP contribution < -0.4 is 5.32 Å². The number of carbonyl (C=O) groups excluding carboxylic acids is 3. The van der Waals surface area contributed by atoms with Gasteiger partial charge in [0.1, 0.15) is 18.7 Å². The molecule has 3 aromatic rings. The fourth-order valence-corrected chi connectivity index (χ4v) is 4.34. The van der Waals surface area contributed by atoms with Crippen LogP contribution in [0.3, 0.4) is 0 Å². The predicted octanol–water partition coefficient (Wildman–Crippen LogP) is 4.30. The first-order valence-corrected chi connectivity index (χ1v) is 12.0. The molecule has 4 rings (SSSR count). The molecule has 0 aliphatic carbocycles. The van der Waals surface area contributed by atoms with Gasteiger partial charge in [-0.2, -0.15) is 0 Å². The molecule has 0 fully saturated rings. The van der Waals surface area contributed by atoms with E-state index >= 15 is 0 Å². The zero-order valence-electron chi connectivity index (χ0n) is 19.9. The van der Waals surface area contributed by atoms with Crippen molar-refractivity contribution in [2.45, 2.75) is 38.1 Å². The minimum absolute atomic E-state index is 0.0908. The lowest BCUT2D eigenvalue weighted by Crippen LogP contribution is -2.56. The van der Waals surface area contributed by atoms with E-state index in [0.717, 1.165) is 22.3 Å². The fourth-order valence-electron chi connectivity index (χ4n) is 4.21.